The molecule has 0 unspecified atom stereocenters. The Hall–Kier alpha value is -2.76. The summed E-state index contributed by atoms with van der Waals surface area (Å²) < 4.78 is 2.04. The first-order valence-electron chi connectivity index (χ1n) is 7.82. The van der Waals surface area contributed by atoms with Crippen LogP contribution in [0.3, 0.4) is 0 Å². The Morgan fingerprint density at radius 2 is 1.96 bits per heavy atom. The summed E-state index contributed by atoms with van der Waals surface area (Å²) in [5, 5.41) is 8.57. The van der Waals surface area contributed by atoms with Crippen LogP contribution in [-0.4, -0.2) is 43.5 Å². The van der Waals surface area contributed by atoms with Crippen LogP contribution in [0, 0.1) is 0 Å². The first kappa shape index (κ1) is 13.9. The van der Waals surface area contributed by atoms with E-state index in [1.165, 1.54) is 0 Å². The molecule has 1 aliphatic rings. The van der Waals surface area contributed by atoms with Crippen molar-refractivity contribution in [2.75, 3.05) is 13.1 Å². The number of pyridine rings is 2. The molecule has 1 amide bonds. The Balaban J connectivity index is 1.48. The predicted octanol–water partition coefficient (Wildman–Crippen LogP) is 2.14. The number of piperidine rings is 1. The quantitative estimate of drug-likeness (QED) is 0.727. The highest BCUT2D eigenvalue weighted by Crippen LogP contribution is 2.27. The highest BCUT2D eigenvalue weighted by Gasteiger charge is 2.27. The van der Waals surface area contributed by atoms with E-state index in [1.807, 2.05) is 39.8 Å². The van der Waals surface area contributed by atoms with E-state index in [9.17, 15) is 4.79 Å². The molecule has 6 heteroatoms. The molecule has 0 saturated carbocycles. The third kappa shape index (κ3) is 2.56. The van der Waals surface area contributed by atoms with Gasteiger partial charge in [0, 0.05) is 37.6 Å². The minimum atomic E-state index is 0.0580. The van der Waals surface area contributed by atoms with Crippen molar-refractivity contribution >= 4 is 11.6 Å². The number of rotatable bonds is 2. The average molecular weight is 307 g/mol. The van der Waals surface area contributed by atoms with E-state index in [1.54, 1.807) is 18.5 Å². The molecule has 1 fully saturated rings. The van der Waals surface area contributed by atoms with Gasteiger partial charge in [0.2, 0.25) is 0 Å². The first-order chi connectivity index (χ1) is 11.3. The smallest absolute Gasteiger partial charge is 0.255 e. The molecule has 0 spiro atoms. The van der Waals surface area contributed by atoms with Crippen LogP contribution in [0.15, 0.2) is 48.9 Å². The molecule has 6 nitrogen and oxygen atoms in total. The number of carbonyl (C=O) groups is 1. The van der Waals surface area contributed by atoms with Crippen LogP contribution >= 0.6 is 0 Å². The monoisotopic (exact) mass is 307 g/mol. The van der Waals surface area contributed by atoms with Gasteiger partial charge >= 0.3 is 0 Å². The summed E-state index contributed by atoms with van der Waals surface area (Å²) in [6.45, 7) is 1.47. The number of fused-ring (bicyclic) bond motifs is 1. The molecule has 0 N–H and O–H groups in total. The van der Waals surface area contributed by atoms with Crippen molar-refractivity contribution in [1.82, 2.24) is 24.5 Å². The van der Waals surface area contributed by atoms with Crippen molar-refractivity contribution in [2.45, 2.75) is 18.8 Å². The van der Waals surface area contributed by atoms with Gasteiger partial charge in [-0.1, -0.05) is 6.07 Å². The van der Waals surface area contributed by atoms with Crippen LogP contribution in [-0.2, 0) is 0 Å². The zero-order chi connectivity index (χ0) is 15.6. The molecule has 0 radical (unpaired) electrons. The normalized spacial score (nSPS) is 15.9. The fourth-order valence-corrected chi connectivity index (χ4v) is 3.15. The summed E-state index contributed by atoms with van der Waals surface area (Å²) >= 11 is 0. The molecular formula is C17H17N5O. The lowest BCUT2D eigenvalue weighted by Gasteiger charge is -2.31. The zero-order valence-electron chi connectivity index (χ0n) is 12.7. The molecular weight excluding hydrogens is 290 g/mol. The third-order valence-electron chi connectivity index (χ3n) is 4.40. The Morgan fingerprint density at radius 3 is 2.74 bits per heavy atom. The SMILES string of the molecule is O=C(c1cccnc1)N1CCC(c2nnc3ccccn23)CC1. The first-order valence-corrected chi connectivity index (χ1v) is 7.82. The van der Waals surface area contributed by atoms with Gasteiger partial charge in [-0.05, 0) is 37.1 Å². The fraction of sp³-hybridized carbons (Fsp3) is 0.294. The summed E-state index contributed by atoms with van der Waals surface area (Å²) in [5.41, 5.74) is 1.52. The highest BCUT2D eigenvalue weighted by atomic mass is 16.2. The Morgan fingerprint density at radius 1 is 1.09 bits per heavy atom. The van der Waals surface area contributed by atoms with Gasteiger partial charge in [-0.15, -0.1) is 10.2 Å². The van der Waals surface area contributed by atoms with E-state index >= 15 is 0 Å². The van der Waals surface area contributed by atoms with E-state index in [4.69, 9.17) is 0 Å². The van der Waals surface area contributed by atoms with Crippen molar-refractivity contribution in [3.63, 3.8) is 0 Å². The minimum absolute atomic E-state index is 0.0580. The number of hydrogen-bond acceptors (Lipinski definition) is 4. The number of hydrogen-bond donors (Lipinski definition) is 0. The van der Waals surface area contributed by atoms with Crippen LogP contribution in [0.4, 0.5) is 0 Å². The van der Waals surface area contributed by atoms with Gasteiger partial charge < -0.3 is 4.90 Å². The molecule has 0 bridgehead atoms. The van der Waals surface area contributed by atoms with Gasteiger partial charge in [0.05, 0.1) is 5.56 Å². The van der Waals surface area contributed by atoms with Gasteiger partial charge in [0.1, 0.15) is 5.82 Å². The second kappa shape index (κ2) is 5.79. The summed E-state index contributed by atoms with van der Waals surface area (Å²) in [4.78, 5) is 18.4. The van der Waals surface area contributed by atoms with Crippen LogP contribution in [0.5, 0.6) is 0 Å². The van der Waals surface area contributed by atoms with E-state index in [2.05, 4.69) is 15.2 Å². The Kier molecular flexibility index (Phi) is 3.49. The molecule has 4 rings (SSSR count). The molecule has 0 aliphatic carbocycles. The van der Waals surface area contributed by atoms with E-state index in [0.717, 1.165) is 37.4 Å². The van der Waals surface area contributed by atoms with E-state index in [-0.39, 0.29) is 5.91 Å². The Bertz CT molecular complexity index is 821. The zero-order valence-corrected chi connectivity index (χ0v) is 12.7. The van der Waals surface area contributed by atoms with Crippen LogP contribution in [0.1, 0.15) is 34.9 Å². The fourth-order valence-electron chi connectivity index (χ4n) is 3.15. The van der Waals surface area contributed by atoms with Crippen LogP contribution in [0.25, 0.3) is 5.65 Å². The van der Waals surface area contributed by atoms with Gasteiger partial charge in [0.25, 0.3) is 5.91 Å². The number of carbonyl (C=O) groups excluding carboxylic acids is 1. The summed E-state index contributed by atoms with van der Waals surface area (Å²) in [6, 6.07) is 9.51. The van der Waals surface area contributed by atoms with Gasteiger partial charge in [0.15, 0.2) is 5.65 Å². The van der Waals surface area contributed by atoms with Crippen molar-refractivity contribution in [3.8, 4) is 0 Å². The second-order valence-corrected chi connectivity index (χ2v) is 5.80. The molecule has 3 aromatic rings. The summed E-state index contributed by atoms with van der Waals surface area (Å²) in [7, 11) is 0. The lowest BCUT2D eigenvalue weighted by atomic mass is 9.95. The lowest BCUT2D eigenvalue weighted by molar-refractivity contribution is 0.0710. The molecule has 1 saturated heterocycles. The van der Waals surface area contributed by atoms with Crippen LogP contribution < -0.4 is 0 Å². The summed E-state index contributed by atoms with van der Waals surface area (Å²) in [5.74, 6) is 1.39. The maximum Gasteiger partial charge on any atom is 0.255 e. The largest absolute Gasteiger partial charge is 0.339 e. The molecule has 3 aromatic heterocycles. The predicted molar refractivity (Wildman–Crippen MR) is 85.1 cm³/mol. The van der Waals surface area contributed by atoms with E-state index in [0.29, 0.717) is 11.5 Å². The molecule has 23 heavy (non-hydrogen) atoms. The topological polar surface area (TPSA) is 63.4 Å². The number of aromatic nitrogens is 4. The third-order valence-corrected chi connectivity index (χ3v) is 4.40. The van der Waals surface area contributed by atoms with E-state index < -0.39 is 0 Å². The average Bonchev–Trinajstić information content (AvgIpc) is 3.06. The highest BCUT2D eigenvalue weighted by molar-refractivity contribution is 5.93. The molecule has 0 aromatic carbocycles. The molecule has 0 atom stereocenters. The van der Waals surface area contributed by atoms with Gasteiger partial charge in [-0.2, -0.15) is 0 Å². The number of likely N-dealkylation sites (tertiary alicyclic amines) is 1. The Labute approximate surface area is 133 Å². The maximum absolute atomic E-state index is 12.5. The molecule has 1 aliphatic heterocycles. The van der Waals surface area contributed by atoms with Crippen molar-refractivity contribution in [2.24, 2.45) is 0 Å². The van der Waals surface area contributed by atoms with Gasteiger partial charge in [-0.3, -0.25) is 14.2 Å². The minimum Gasteiger partial charge on any atom is -0.339 e. The molecule has 4 heterocycles. The van der Waals surface area contributed by atoms with Crippen molar-refractivity contribution < 1.29 is 4.79 Å². The molecule has 116 valence electrons. The lowest BCUT2D eigenvalue weighted by Crippen LogP contribution is -2.38. The standard InChI is InChI=1S/C17H17N5O/c23-17(14-4-3-8-18-12-14)21-10-6-13(7-11-21)16-20-19-15-5-1-2-9-22(15)16/h1-5,8-9,12-13H,6-7,10-11H2. The maximum atomic E-state index is 12.5. The van der Waals surface area contributed by atoms with Gasteiger partial charge in [-0.25, -0.2) is 0 Å². The van der Waals surface area contributed by atoms with Crippen molar-refractivity contribution in [3.05, 3.63) is 60.3 Å². The van der Waals surface area contributed by atoms with Crippen molar-refractivity contribution in [1.29, 1.82) is 0 Å². The second-order valence-electron chi connectivity index (χ2n) is 5.80. The number of nitrogens with zero attached hydrogens (tertiary/aromatic N) is 5. The summed E-state index contributed by atoms with van der Waals surface area (Å²) in [6.07, 6.45) is 7.11. The van der Waals surface area contributed by atoms with Crippen LogP contribution in [0.2, 0.25) is 0 Å². The number of amides is 1.